The van der Waals surface area contributed by atoms with Gasteiger partial charge in [0.15, 0.2) is 22.8 Å². The van der Waals surface area contributed by atoms with Crippen molar-refractivity contribution in [3.63, 3.8) is 0 Å². The molecule has 0 spiro atoms. The molecule has 28 heteroatoms. The summed E-state index contributed by atoms with van der Waals surface area (Å²) in [5.74, 6) is -1.17. The minimum absolute atomic E-state index is 0.0206. The number of carbonyl (C=O) groups is 3. The molecule has 24 nitrogen and oxygen atoms in total. The lowest BCUT2D eigenvalue weighted by atomic mass is 9.87. The number of hydrogen-bond donors (Lipinski definition) is 5. The number of aryl methyl sites for hydroxylation is 1. The van der Waals surface area contributed by atoms with Crippen LogP contribution in [0.25, 0.3) is 11.2 Å². The molecule has 2 unspecified atom stereocenters. The predicted molar refractivity (Wildman–Crippen MR) is 211 cm³/mol. The van der Waals surface area contributed by atoms with Gasteiger partial charge in [-0.1, -0.05) is 68.8 Å². The third-order valence-corrected chi connectivity index (χ3v) is 13.1. The predicted octanol–water partition coefficient (Wildman–Crippen LogP) is -0.670. The summed E-state index contributed by atoms with van der Waals surface area (Å²) in [4.78, 5) is 96.6. The molecule has 62 heavy (non-hydrogen) atoms. The molecular formula is C34H48N7O17P3S-4. The number of phosphoric acid groups is 3. The zero-order valence-electron chi connectivity index (χ0n) is 33.5. The Kier molecular flexibility index (Phi) is 19.2. The Morgan fingerprint density at radius 3 is 2.37 bits per heavy atom. The standard InChI is InChI=1S/C34H52N7O17P3S/c1-34(2,29(45)32(46)37-15-14-24(42)36-16-17-62-25(43)13-9-4-3-6-10-22-11-7-5-8-12-22)19-55-61(52,53)58-60(50,51)54-18-23-28(57-59(47,48)49)27(44)33(56-23)41-21-40-26-30(35)38-20-39-31(26)41/h5,7-8,11-12,20-21,23,27-29,33,44-45H,3-4,6,9-10,13-19H2,1-2H3,(H,36,42)(H,37,46)(H,50,51)(H,52,53)(H2,35,38,39)(H2,47,48,49)/p-4/t23-,27-,28-,29+,33-/m1/s1. The number of thioether (sulfide) groups is 1. The first-order chi connectivity index (χ1) is 29.1. The van der Waals surface area contributed by atoms with Crippen LogP contribution in [0, 0.1) is 5.41 Å². The Morgan fingerprint density at radius 1 is 0.968 bits per heavy atom. The Bertz CT molecular complexity index is 2110. The second-order valence-electron chi connectivity index (χ2n) is 14.6. The van der Waals surface area contributed by atoms with Crippen LogP contribution in [0.2, 0.25) is 0 Å². The highest BCUT2D eigenvalue weighted by Crippen LogP contribution is 2.56. The third-order valence-electron chi connectivity index (χ3n) is 9.18. The fourth-order valence-electron chi connectivity index (χ4n) is 5.94. The van der Waals surface area contributed by atoms with Crippen molar-refractivity contribution in [1.82, 2.24) is 30.2 Å². The van der Waals surface area contributed by atoms with Crippen LogP contribution in [0.5, 0.6) is 0 Å². The number of carbonyl (C=O) groups excluding carboxylic acids is 3. The van der Waals surface area contributed by atoms with Gasteiger partial charge in [0, 0.05) is 37.1 Å². The molecule has 7 atom stereocenters. The maximum absolute atomic E-state index is 12.6. The Hall–Kier alpha value is -3.22. The zero-order valence-corrected chi connectivity index (χ0v) is 37.0. The van der Waals surface area contributed by atoms with Gasteiger partial charge in [-0.2, -0.15) is 0 Å². The average molecular weight is 952 g/mol. The summed E-state index contributed by atoms with van der Waals surface area (Å²) in [6.07, 6.45) is -2.32. The summed E-state index contributed by atoms with van der Waals surface area (Å²) < 4.78 is 60.7. The van der Waals surface area contributed by atoms with Crippen molar-refractivity contribution in [3.05, 3.63) is 48.5 Å². The van der Waals surface area contributed by atoms with E-state index in [9.17, 15) is 57.9 Å². The molecule has 2 aromatic heterocycles. The van der Waals surface area contributed by atoms with E-state index in [4.69, 9.17) is 10.5 Å². The highest BCUT2D eigenvalue weighted by Gasteiger charge is 2.47. The number of aliphatic hydroxyl groups excluding tert-OH is 2. The number of hydrogen-bond acceptors (Lipinski definition) is 22. The normalized spacial score (nSPS) is 20.6. The SMILES string of the molecule is CC(C)(COP(=O)([O-])OP(=O)([O-])OC[C@H]1O[C@@H](n2cnc3c(N)ncnc32)[C@H](O)[C@@H]1OP(=O)([O-])[O-])[C@@H](O)C(=O)NCCC(=O)NCCSC(=O)CCCCCCc1ccccc1. The van der Waals surface area contributed by atoms with E-state index in [2.05, 4.69) is 55.6 Å². The highest BCUT2D eigenvalue weighted by molar-refractivity contribution is 8.13. The molecule has 0 saturated carbocycles. The molecular weight excluding hydrogens is 903 g/mol. The van der Waals surface area contributed by atoms with E-state index < -0.39 is 84.6 Å². The van der Waals surface area contributed by atoms with Crippen LogP contribution in [-0.2, 0) is 57.1 Å². The molecule has 0 aliphatic carbocycles. The fourth-order valence-corrected chi connectivity index (χ4v) is 9.40. The van der Waals surface area contributed by atoms with Gasteiger partial charge in [-0.25, -0.2) is 19.3 Å². The molecule has 3 heterocycles. The van der Waals surface area contributed by atoms with Gasteiger partial charge in [-0.15, -0.1) is 0 Å². The number of anilines is 1. The Morgan fingerprint density at radius 2 is 1.66 bits per heavy atom. The van der Waals surface area contributed by atoms with Crippen molar-refractivity contribution >= 4 is 69.1 Å². The van der Waals surface area contributed by atoms with Crippen LogP contribution in [0.15, 0.2) is 43.0 Å². The summed E-state index contributed by atoms with van der Waals surface area (Å²) in [5.41, 5.74) is 5.37. The van der Waals surface area contributed by atoms with Gasteiger partial charge in [-0.05, 0) is 24.8 Å². The second-order valence-corrected chi connectivity index (χ2v) is 19.8. The van der Waals surface area contributed by atoms with Gasteiger partial charge in [0.2, 0.25) is 11.8 Å². The van der Waals surface area contributed by atoms with Crippen molar-refractivity contribution in [3.8, 4) is 0 Å². The van der Waals surface area contributed by atoms with Crippen molar-refractivity contribution < 1.29 is 80.5 Å². The van der Waals surface area contributed by atoms with E-state index in [0.29, 0.717) is 12.2 Å². The molecule has 1 aliphatic heterocycles. The van der Waals surface area contributed by atoms with Crippen molar-refractivity contribution in [2.45, 2.75) is 89.4 Å². The molecule has 346 valence electrons. The van der Waals surface area contributed by atoms with E-state index in [-0.39, 0.29) is 41.6 Å². The van der Waals surface area contributed by atoms with Crippen LogP contribution in [0.4, 0.5) is 5.82 Å². The lowest BCUT2D eigenvalue weighted by Gasteiger charge is -2.36. The number of imidazole rings is 1. The number of amides is 2. The quantitative estimate of drug-likeness (QED) is 0.0492. The summed E-state index contributed by atoms with van der Waals surface area (Å²) in [6.45, 7) is 0.137. The first-order valence-electron chi connectivity index (χ1n) is 19.1. The summed E-state index contributed by atoms with van der Waals surface area (Å²) in [5, 5.41) is 26.4. The number of nitrogens with two attached hydrogens (primary N) is 1. The zero-order chi connectivity index (χ0) is 45.7. The molecule has 1 aliphatic rings. The Labute approximate surface area is 360 Å². The number of nitrogens with one attached hydrogen (secondary N) is 2. The van der Waals surface area contributed by atoms with Gasteiger partial charge >= 0.3 is 0 Å². The molecule has 3 aromatic rings. The largest absolute Gasteiger partial charge is 0.790 e. The van der Waals surface area contributed by atoms with Gasteiger partial charge in [-0.3, -0.25) is 28.1 Å². The minimum Gasteiger partial charge on any atom is -0.790 e. The van der Waals surface area contributed by atoms with Crippen LogP contribution >= 0.6 is 35.2 Å². The van der Waals surface area contributed by atoms with Crippen LogP contribution < -0.4 is 35.9 Å². The number of unbranched alkanes of at least 4 members (excludes halogenated alkanes) is 3. The van der Waals surface area contributed by atoms with Gasteiger partial charge in [0.1, 0.15) is 36.3 Å². The molecule has 4 rings (SSSR count). The number of benzene rings is 1. The maximum Gasteiger partial charge on any atom is 0.274 e. The summed E-state index contributed by atoms with van der Waals surface area (Å²) >= 11 is 1.12. The van der Waals surface area contributed by atoms with E-state index in [1.54, 1.807) is 0 Å². The van der Waals surface area contributed by atoms with Crippen LogP contribution in [-0.4, -0.2) is 103 Å². The number of aliphatic hydroxyl groups is 2. The van der Waals surface area contributed by atoms with Crippen molar-refractivity contribution in [2.75, 3.05) is 37.8 Å². The van der Waals surface area contributed by atoms with Crippen molar-refractivity contribution in [1.29, 1.82) is 0 Å². The molecule has 1 fully saturated rings. The van der Waals surface area contributed by atoms with Gasteiger partial charge in [0.25, 0.3) is 15.6 Å². The van der Waals surface area contributed by atoms with E-state index in [0.717, 1.165) is 61.1 Å². The van der Waals surface area contributed by atoms with Gasteiger partial charge < -0.3 is 69.0 Å². The maximum atomic E-state index is 12.6. The number of fused-ring (bicyclic) bond motifs is 1. The topological polar surface area (TPSA) is 375 Å². The molecule has 2 amide bonds. The Balaban J connectivity index is 1.14. The minimum atomic E-state index is -5.92. The molecule has 1 aromatic carbocycles. The average Bonchev–Trinajstić information content (AvgIpc) is 3.76. The van der Waals surface area contributed by atoms with E-state index in [1.807, 2.05) is 18.2 Å². The number of rotatable bonds is 26. The monoisotopic (exact) mass is 951 g/mol. The summed E-state index contributed by atoms with van der Waals surface area (Å²) in [6, 6.07) is 10.2. The fraction of sp³-hybridized carbons (Fsp3) is 0.588. The number of aromatic nitrogens is 4. The first-order valence-corrected chi connectivity index (χ1v) is 24.5. The third kappa shape index (κ3) is 16.4. The molecule has 1 saturated heterocycles. The smallest absolute Gasteiger partial charge is 0.274 e. The summed E-state index contributed by atoms with van der Waals surface area (Å²) in [7, 11) is -17.6. The second kappa shape index (κ2) is 23.1. The van der Waals surface area contributed by atoms with E-state index >= 15 is 0 Å². The van der Waals surface area contributed by atoms with E-state index in [1.165, 1.54) is 19.4 Å². The van der Waals surface area contributed by atoms with Crippen LogP contribution in [0.1, 0.15) is 64.2 Å². The molecule has 0 bridgehead atoms. The number of nitrogens with zero attached hydrogens (tertiary/aromatic N) is 4. The van der Waals surface area contributed by atoms with Gasteiger partial charge in [0.05, 0.1) is 27.4 Å². The lowest BCUT2D eigenvalue weighted by Crippen LogP contribution is -2.46. The lowest BCUT2D eigenvalue weighted by molar-refractivity contribution is -0.347. The number of nitrogen functional groups attached to an aromatic ring is 1. The highest BCUT2D eigenvalue weighted by atomic mass is 32.2. The molecule has 0 radical (unpaired) electrons. The van der Waals surface area contributed by atoms with Crippen LogP contribution in [0.3, 0.4) is 0 Å². The number of ether oxygens (including phenoxy) is 1. The molecule has 6 N–H and O–H groups in total. The number of phosphoric ester groups is 3. The first kappa shape index (κ1) is 51.4. The van der Waals surface area contributed by atoms with Crippen molar-refractivity contribution in [2.24, 2.45) is 5.41 Å².